The van der Waals surface area contributed by atoms with E-state index in [9.17, 15) is 4.79 Å². The van der Waals surface area contributed by atoms with Gasteiger partial charge >= 0.3 is 5.97 Å². The quantitative estimate of drug-likeness (QED) is 0.782. The molecule has 1 saturated heterocycles. The molecule has 0 aliphatic carbocycles. The third kappa shape index (κ3) is 3.16. The highest BCUT2D eigenvalue weighted by molar-refractivity contribution is 5.90. The number of carbonyl (C=O) groups excluding carboxylic acids is 1. The molecule has 0 spiro atoms. The molecule has 0 amide bonds. The fourth-order valence-electron chi connectivity index (χ4n) is 2.95. The van der Waals surface area contributed by atoms with Gasteiger partial charge in [-0.1, -0.05) is 24.6 Å². The Labute approximate surface area is 115 Å². The van der Waals surface area contributed by atoms with Crippen LogP contribution in [0.2, 0.25) is 0 Å². The number of esters is 1. The molecule has 0 aromatic heterocycles. The number of hydrogen-bond donors (Lipinski definition) is 0. The van der Waals surface area contributed by atoms with Gasteiger partial charge < -0.3 is 4.74 Å². The van der Waals surface area contributed by atoms with Crippen molar-refractivity contribution in [2.45, 2.75) is 51.7 Å². The lowest BCUT2D eigenvalue weighted by atomic mass is 9.96. The van der Waals surface area contributed by atoms with E-state index in [-0.39, 0.29) is 5.97 Å². The molecule has 1 aliphatic heterocycles. The van der Waals surface area contributed by atoms with Crippen LogP contribution >= 0.6 is 0 Å². The molecule has 3 heteroatoms. The average molecular weight is 261 g/mol. The monoisotopic (exact) mass is 261 g/mol. The molecule has 0 bridgehead atoms. The number of ether oxygens (including phenoxy) is 1. The zero-order chi connectivity index (χ0) is 13.8. The smallest absolute Gasteiger partial charge is 0.338 e. The van der Waals surface area contributed by atoms with Crippen LogP contribution < -0.4 is 0 Å². The van der Waals surface area contributed by atoms with E-state index < -0.39 is 0 Å². The van der Waals surface area contributed by atoms with Crippen LogP contribution in [0, 0.1) is 0 Å². The third-order valence-corrected chi connectivity index (χ3v) is 4.15. The highest BCUT2D eigenvalue weighted by Crippen LogP contribution is 2.25. The Balaban J connectivity index is 2.20. The Bertz CT molecular complexity index is 434. The maximum Gasteiger partial charge on any atom is 0.338 e. The van der Waals surface area contributed by atoms with Gasteiger partial charge in [0.1, 0.15) is 0 Å². The predicted octanol–water partition coefficient (Wildman–Crippen LogP) is 3.24. The van der Waals surface area contributed by atoms with Crippen molar-refractivity contribution in [3.63, 3.8) is 0 Å². The molecule has 104 valence electrons. The van der Waals surface area contributed by atoms with Crippen LogP contribution in [-0.2, 0) is 11.3 Å². The topological polar surface area (TPSA) is 29.5 Å². The first-order chi connectivity index (χ1) is 9.13. The Hall–Kier alpha value is -1.35. The number of piperidine rings is 1. The van der Waals surface area contributed by atoms with Crippen molar-refractivity contribution in [2.75, 3.05) is 7.11 Å². The summed E-state index contributed by atoms with van der Waals surface area (Å²) in [6.07, 6.45) is 3.78. The van der Waals surface area contributed by atoms with Crippen molar-refractivity contribution in [2.24, 2.45) is 0 Å². The summed E-state index contributed by atoms with van der Waals surface area (Å²) < 4.78 is 4.86. The maximum atomic E-state index is 11.8. The second-order valence-electron chi connectivity index (χ2n) is 5.45. The van der Waals surface area contributed by atoms with Crippen molar-refractivity contribution in [1.29, 1.82) is 0 Å². The van der Waals surface area contributed by atoms with Gasteiger partial charge in [-0.3, -0.25) is 4.90 Å². The molecule has 2 atom stereocenters. The van der Waals surface area contributed by atoms with Gasteiger partial charge in [0.15, 0.2) is 0 Å². The molecule has 0 unspecified atom stereocenters. The number of methoxy groups -OCH3 is 1. The maximum absolute atomic E-state index is 11.8. The lowest BCUT2D eigenvalue weighted by Gasteiger charge is -2.39. The van der Waals surface area contributed by atoms with E-state index in [1.807, 2.05) is 24.3 Å². The highest BCUT2D eigenvalue weighted by atomic mass is 16.5. The molecule has 1 heterocycles. The van der Waals surface area contributed by atoms with Gasteiger partial charge in [0, 0.05) is 18.6 Å². The van der Waals surface area contributed by atoms with Gasteiger partial charge in [0.05, 0.1) is 12.7 Å². The predicted molar refractivity (Wildman–Crippen MR) is 76.1 cm³/mol. The van der Waals surface area contributed by atoms with Crippen LogP contribution in [0.4, 0.5) is 0 Å². The summed E-state index contributed by atoms with van der Waals surface area (Å²) in [5, 5.41) is 0. The number of nitrogens with zero attached hydrogens (tertiary/aromatic N) is 1. The molecular formula is C16H23NO2. The number of hydrogen-bond acceptors (Lipinski definition) is 3. The van der Waals surface area contributed by atoms with Crippen LogP contribution in [0.25, 0.3) is 0 Å². The van der Waals surface area contributed by atoms with Crippen molar-refractivity contribution in [3.8, 4) is 0 Å². The fraction of sp³-hybridized carbons (Fsp3) is 0.562. The van der Waals surface area contributed by atoms with Crippen molar-refractivity contribution in [1.82, 2.24) is 4.90 Å². The van der Waals surface area contributed by atoms with E-state index in [1.165, 1.54) is 26.4 Å². The minimum absolute atomic E-state index is 0.243. The van der Waals surface area contributed by atoms with Crippen molar-refractivity contribution < 1.29 is 9.53 Å². The van der Waals surface area contributed by atoms with E-state index in [0.29, 0.717) is 17.6 Å². The molecule has 1 aromatic carbocycles. The van der Waals surface area contributed by atoms with Gasteiger partial charge in [0.2, 0.25) is 0 Å². The van der Waals surface area contributed by atoms with E-state index in [0.717, 1.165) is 12.1 Å². The fourth-order valence-corrected chi connectivity index (χ4v) is 2.95. The average Bonchev–Trinajstić information content (AvgIpc) is 2.42. The zero-order valence-electron chi connectivity index (χ0n) is 12.1. The molecule has 1 aliphatic rings. The van der Waals surface area contributed by atoms with Crippen LogP contribution in [0.5, 0.6) is 0 Å². The van der Waals surface area contributed by atoms with Crippen LogP contribution in [0.15, 0.2) is 24.3 Å². The van der Waals surface area contributed by atoms with Gasteiger partial charge in [-0.2, -0.15) is 0 Å². The zero-order valence-corrected chi connectivity index (χ0v) is 12.1. The summed E-state index contributed by atoms with van der Waals surface area (Å²) in [6.45, 7) is 5.38. The first-order valence-electron chi connectivity index (χ1n) is 7.05. The number of benzene rings is 1. The number of carbonyl (C=O) groups is 1. The summed E-state index contributed by atoms with van der Waals surface area (Å²) >= 11 is 0. The van der Waals surface area contributed by atoms with E-state index in [4.69, 9.17) is 4.74 Å². The van der Waals surface area contributed by atoms with E-state index in [1.54, 1.807) is 0 Å². The molecular weight excluding hydrogens is 238 g/mol. The van der Waals surface area contributed by atoms with E-state index >= 15 is 0 Å². The van der Waals surface area contributed by atoms with Crippen molar-refractivity contribution >= 4 is 5.97 Å². The van der Waals surface area contributed by atoms with Gasteiger partial charge in [-0.05, 0) is 38.3 Å². The highest BCUT2D eigenvalue weighted by Gasteiger charge is 2.25. The second kappa shape index (κ2) is 6.20. The molecule has 1 aromatic rings. The molecule has 19 heavy (non-hydrogen) atoms. The van der Waals surface area contributed by atoms with Gasteiger partial charge in [-0.25, -0.2) is 4.79 Å². The third-order valence-electron chi connectivity index (χ3n) is 4.15. The molecule has 0 radical (unpaired) electrons. The summed E-state index contributed by atoms with van der Waals surface area (Å²) in [5.41, 5.74) is 1.75. The minimum atomic E-state index is -0.243. The first-order valence-corrected chi connectivity index (χ1v) is 7.05. The molecule has 3 nitrogen and oxygen atoms in total. The summed E-state index contributed by atoms with van der Waals surface area (Å²) in [5.74, 6) is -0.243. The van der Waals surface area contributed by atoms with Gasteiger partial charge in [0.25, 0.3) is 0 Å². The number of rotatable bonds is 3. The summed E-state index contributed by atoms with van der Waals surface area (Å²) in [4.78, 5) is 14.3. The second-order valence-corrected chi connectivity index (χ2v) is 5.45. The Morgan fingerprint density at radius 2 is 1.89 bits per heavy atom. The van der Waals surface area contributed by atoms with Crippen LogP contribution in [-0.4, -0.2) is 30.1 Å². The van der Waals surface area contributed by atoms with Crippen LogP contribution in [0.1, 0.15) is 49.0 Å². The lowest BCUT2D eigenvalue weighted by Crippen LogP contribution is -2.43. The molecule has 0 N–H and O–H groups in total. The first kappa shape index (κ1) is 14.1. The SMILES string of the molecule is COC(=O)c1ccccc1CN1[C@H](C)CCC[C@@H]1C. The van der Waals surface area contributed by atoms with Crippen LogP contribution in [0.3, 0.4) is 0 Å². The van der Waals surface area contributed by atoms with Gasteiger partial charge in [-0.15, -0.1) is 0 Å². The number of likely N-dealkylation sites (tertiary alicyclic amines) is 1. The minimum Gasteiger partial charge on any atom is -0.465 e. The largest absolute Gasteiger partial charge is 0.465 e. The summed E-state index contributed by atoms with van der Waals surface area (Å²) in [6, 6.07) is 8.91. The van der Waals surface area contributed by atoms with E-state index in [2.05, 4.69) is 18.7 Å². The standard InChI is InChI=1S/C16H23NO2/c1-12-7-6-8-13(2)17(12)11-14-9-4-5-10-15(14)16(18)19-3/h4-5,9-10,12-13H,6-8,11H2,1-3H3/t12-,13+. The molecule has 2 rings (SSSR count). The Morgan fingerprint density at radius 1 is 1.26 bits per heavy atom. The van der Waals surface area contributed by atoms with Crippen molar-refractivity contribution in [3.05, 3.63) is 35.4 Å². The normalized spacial score (nSPS) is 24.2. The Kier molecular flexibility index (Phi) is 4.59. The molecule has 0 saturated carbocycles. The molecule has 1 fully saturated rings. The summed E-state index contributed by atoms with van der Waals surface area (Å²) in [7, 11) is 1.44. The Morgan fingerprint density at radius 3 is 2.53 bits per heavy atom. The lowest BCUT2D eigenvalue weighted by molar-refractivity contribution is 0.0592.